The first-order chi connectivity index (χ1) is 24.6. The van der Waals surface area contributed by atoms with Crippen LogP contribution in [0, 0.1) is 11.8 Å². The molecular weight excluding hydrogens is 655 g/mol. The maximum Gasteiger partial charge on any atom is 0.416 e. The lowest BCUT2D eigenvalue weighted by Gasteiger charge is -2.32. The van der Waals surface area contributed by atoms with Gasteiger partial charge in [0.05, 0.1) is 29.3 Å². The summed E-state index contributed by atoms with van der Waals surface area (Å²) in [6.45, 7) is 7.88. The second-order valence-electron chi connectivity index (χ2n) is 12.8. The molecule has 0 spiro atoms. The fourth-order valence-corrected chi connectivity index (χ4v) is 6.21. The molecule has 51 heavy (non-hydrogen) atoms. The smallest absolute Gasteiger partial charge is 0.350 e. The Bertz CT molecular complexity index is 2040. The summed E-state index contributed by atoms with van der Waals surface area (Å²) in [5, 5.41) is 17.0. The maximum absolute atomic E-state index is 14.2. The van der Waals surface area contributed by atoms with Gasteiger partial charge in [0, 0.05) is 68.0 Å². The van der Waals surface area contributed by atoms with E-state index < -0.39 is 17.6 Å². The molecule has 0 unspecified atom stereocenters. The monoisotopic (exact) mass is 697 g/mol. The zero-order chi connectivity index (χ0) is 36.0. The van der Waals surface area contributed by atoms with Crippen LogP contribution in [0.1, 0.15) is 43.5 Å². The number of alkyl halides is 3. The lowest BCUT2D eigenvalue weighted by Crippen LogP contribution is -2.48. The van der Waals surface area contributed by atoms with Crippen LogP contribution in [0.2, 0.25) is 0 Å². The van der Waals surface area contributed by atoms with Crippen molar-refractivity contribution in [3.05, 3.63) is 107 Å². The van der Waals surface area contributed by atoms with Gasteiger partial charge in [-0.25, -0.2) is 4.98 Å². The van der Waals surface area contributed by atoms with E-state index in [0.29, 0.717) is 42.0 Å². The zero-order valence-electron chi connectivity index (χ0n) is 28.9. The van der Waals surface area contributed by atoms with Crippen LogP contribution in [-0.2, 0) is 24.1 Å². The largest absolute Gasteiger partial charge is 0.416 e. The Morgan fingerprint density at radius 1 is 1.14 bits per heavy atom. The molecule has 4 aromatic rings. The number of nitrogens with one attached hydrogen (secondary N) is 4. The van der Waals surface area contributed by atoms with Gasteiger partial charge in [-0.2, -0.15) is 18.3 Å². The van der Waals surface area contributed by atoms with Crippen molar-refractivity contribution in [2.75, 3.05) is 43.9 Å². The van der Waals surface area contributed by atoms with E-state index in [0.717, 1.165) is 49.1 Å². The molecule has 1 fully saturated rings. The minimum Gasteiger partial charge on any atom is -0.350 e. The van der Waals surface area contributed by atoms with Gasteiger partial charge in [0.25, 0.3) is 5.91 Å². The van der Waals surface area contributed by atoms with Crippen LogP contribution < -0.4 is 21.3 Å². The fraction of sp³-hybridized carbons (Fsp3) is 0.342. The first-order valence-electron chi connectivity index (χ1n) is 17.1. The molecule has 0 bridgehead atoms. The Morgan fingerprint density at radius 2 is 2.00 bits per heavy atom. The SMILES string of the molecule is CNCCCn1cc(Nc2cccn3c(C#CC4=CC(C(=O)Nc5ccc(CN6CCN[C@H](C)C6)c(C(F)(F)F)c5)=CCC=C4C)cnc23)cn1. The van der Waals surface area contributed by atoms with Gasteiger partial charge >= 0.3 is 6.18 Å². The molecule has 3 aromatic heterocycles. The summed E-state index contributed by atoms with van der Waals surface area (Å²) in [5.74, 6) is 5.88. The lowest BCUT2D eigenvalue weighted by molar-refractivity contribution is -0.138. The molecule has 13 heteroatoms. The number of allylic oxidation sites excluding steroid dienone is 4. The van der Waals surface area contributed by atoms with Gasteiger partial charge in [-0.15, -0.1) is 0 Å². The fourth-order valence-electron chi connectivity index (χ4n) is 6.21. The van der Waals surface area contributed by atoms with E-state index in [2.05, 4.69) is 43.2 Å². The highest BCUT2D eigenvalue weighted by Crippen LogP contribution is 2.35. The molecule has 1 saturated heterocycles. The Morgan fingerprint density at radius 3 is 2.80 bits per heavy atom. The highest BCUT2D eigenvalue weighted by atomic mass is 19.4. The quantitative estimate of drug-likeness (QED) is 0.121. The maximum atomic E-state index is 14.2. The second kappa shape index (κ2) is 15.8. The Balaban J connectivity index is 1.18. The highest BCUT2D eigenvalue weighted by Gasteiger charge is 2.34. The summed E-state index contributed by atoms with van der Waals surface area (Å²) in [6, 6.07) is 8.06. The number of carbonyl (C=O) groups excluding carboxylic acids is 1. The molecule has 0 radical (unpaired) electrons. The third-order valence-corrected chi connectivity index (χ3v) is 8.86. The predicted octanol–water partition coefficient (Wildman–Crippen LogP) is 5.89. The number of imidazole rings is 1. The van der Waals surface area contributed by atoms with Crippen molar-refractivity contribution >= 4 is 28.6 Å². The van der Waals surface area contributed by atoms with Gasteiger partial charge in [-0.3, -0.25) is 18.8 Å². The molecule has 6 rings (SSSR count). The molecule has 1 aliphatic heterocycles. The Kier molecular flexibility index (Phi) is 11.1. The molecule has 266 valence electrons. The molecule has 1 amide bonds. The molecule has 4 heterocycles. The molecule has 1 aromatic carbocycles. The average molecular weight is 698 g/mol. The van der Waals surface area contributed by atoms with Crippen molar-refractivity contribution in [2.45, 2.75) is 52.0 Å². The summed E-state index contributed by atoms with van der Waals surface area (Å²) >= 11 is 0. The number of halogens is 3. The van der Waals surface area contributed by atoms with Crippen molar-refractivity contribution in [1.82, 2.24) is 34.7 Å². The predicted molar refractivity (Wildman–Crippen MR) is 193 cm³/mol. The molecular formula is C38H42F3N9O. The van der Waals surface area contributed by atoms with Gasteiger partial charge in [0.15, 0.2) is 5.65 Å². The average Bonchev–Trinajstić information content (AvgIpc) is 3.68. The van der Waals surface area contributed by atoms with E-state index >= 15 is 0 Å². The van der Waals surface area contributed by atoms with E-state index in [9.17, 15) is 18.0 Å². The minimum absolute atomic E-state index is 0.0805. The summed E-state index contributed by atoms with van der Waals surface area (Å²) in [4.78, 5) is 20.0. The third kappa shape index (κ3) is 8.96. The van der Waals surface area contributed by atoms with Crippen molar-refractivity contribution in [3.63, 3.8) is 0 Å². The van der Waals surface area contributed by atoms with Gasteiger partial charge in [0.1, 0.15) is 5.69 Å². The van der Waals surface area contributed by atoms with Crippen LogP contribution in [0.5, 0.6) is 0 Å². The van der Waals surface area contributed by atoms with E-state index in [1.165, 1.54) is 12.1 Å². The molecule has 1 aliphatic carbocycles. The van der Waals surface area contributed by atoms with Crippen molar-refractivity contribution in [3.8, 4) is 11.8 Å². The number of hydrogen-bond donors (Lipinski definition) is 4. The van der Waals surface area contributed by atoms with E-state index in [4.69, 9.17) is 0 Å². The molecule has 4 N–H and O–H groups in total. The molecule has 0 saturated carbocycles. The summed E-state index contributed by atoms with van der Waals surface area (Å²) in [7, 11) is 1.93. The standard InChI is InChI=1S/C38H42F3N9O/c1-26-7-4-8-29(37(51)47-31-12-10-30(34(20-31)38(39,40)41)24-48-18-15-43-27(2)23-48)19-28(26)11-13-33-22-44-36-35(9-5-17-50(33)36)46-32-21-45-49(25-32)16-6-14-42-3/h5,7-10,12,17,19-22,25,27,42-43,46H,4,6,14-16,18,23-24H2,1-3H3,(H,47,51)/t27-/m1/s1. The number of nitrogens with zero attached hydrogens (tertiary/aromatic N) is 5. The van der Waals surface area contributed by atoms with Crippen LogP contribution in [0.25, 0.3) is 5.65 Å². The van der Waals surface area contributed by atoms with Crippen molar-refractivity contribution in [1.29, 1.82) is 0 Å². The zero-order valence-corrected chi connectivity index (χ0v) is 28.9. The molecule has 10 nitrogen and oxygen atoms in total. The number of piperazine rings is 1. The topological polar surface area (TPSA) is 104 Å². The number of amides is 1. The molecule has 1 atom stereocenters. The van der Waals surface area contributed by atoms with Crippen LogP contribution in [0.15, 0.2) is 90.1 Å². The normalized spacial score (nSPS) is 16.8. The van der Waals surface area contributed by atoms with E-state index in [-0.39, 0.29) is 23.8 Å². The highest BCUT2D eigenvalue weighted by molar-refractivity contribution is 6.06. The van der Waals surface area contributed by atoms with Crippen molar-refractivity contribution in [2.24, 2.45) is 0 Å². The number of hydrogen-bond acceptors (Lipinski definition) is 7. The van der Waals surface area contributed by atoms with Crippen LogP contribution >= 0.6 is 0 Å². The minimum atomic E-state index is -4.56. The van der Waals surface area contributed by atoms with Crippen LogP contribution in [0.3, 0.4) is 0 Å². The van der Waals surface area contributed by atoms with Gasteiger partial charge < -0.3 is 21.3 Å². The number of anilines is 3. The number of aromatic nitrogens is 4. The first kappa shape index (κ1) is 35.7. The number of benzene rings is 1. The summed E-state index contributed by atoms with van der Waals surface area (Å²) < 4.78 is 46.3. The third-order valence-electron chi connectivity index (χ3n) is 8.86. The summed E-state index contributed by atoms with van der Waals surface area (Å²) in [6.07, 6.45) is 9.57. The number of carbonyl (C=O) groups is 1. The number of fused-ring (bicyclic) bond motifs is 1. The van der Waals surface area contributed by atoms with Crippen molar-refractivity contribution < 1.29 is 18.0 Å². The van der Waals surface area contributed by atoms with Crippen LogP contribution in [-0.4, -0.2) is 69.2 Å². The van der Waals surface area contributed by atoms with Gasteiger partial charge in [0.2, 0.25) is 0 Å². The second-order valence-corrected chi connectivity index (χ2v) is 12.8. The number of rotatable bonds is 10. The molecule has 2 aliphatic rings. The van der Waals surface area contributed by atoms with E-state index in [1.54, 1.807) is 24.5 Å². The Hall–Kier alpha value is -5.16. The van der Waals surface area contributed by atoms with Gasteiger partial charge in [-0.1, -0.05) is 24.1 Å². The van der Waals surface area contributed by atoms with E-state index in [1.807, 2.05) is 65.5 Å². The number of aryl methyl sites for hydroxylation is 1. The van der Waals surface area contributed by atoms with Crippen LogP contribution in [0.4, 0.5) is 30.2 Å². The Labute approximate surface area is 295 Å². The first-order valence-corrected chi connectivity index (χ1v) is 17.1. The van der Waals surface area contributed by atoms with Gasteiger partial charge in [-0.05, 0) is 87.7 Å². The lowest BCUT2D eigenvalue weighted by atomic mass is 10.0. The summed E-state index contributed by atoms with van der Waals surface area (Å²) in [5.41, 5.74) is 4.33. The number of pyridine rings is 1.